The van der Waals surface area contributed by atoms with Crippen LogP contribution >= 0.6 is 0 Å². The Hall–Kier alpha value is -1.55. The van der Waals surface area contributed by atoms with E-state index in [4.69, 9.17) is 5.11 Å². The molecule has 20 heavy (non-hydrogen) atoms. The molecular formula is C16H22N2O2. The summed E-state index contributed by atoms with van der Waals surface area (Å²) in [4.78, 5) is 16.0. The standard InChI is InChI=1S/C16H22N2O2/c19-16(20)14-5-4-13-6-9-18(15(13)12-14)11-10-17-7-2-1-3-8-17/h4-5,12H,1-3,6-11H2,(H,19,20). The van der Waals surface area contributed by atoms with Gasteiger partial charge in [0.05, 0.1) is 5.56 Å². The molecule has 0 spiro atoms. The van der Waals surface area contributed by atoms with E-state index in [-0.39, 0.29) is 0 Å². The molecule has 1 aromatic carbocycles. The monoisotopic (exact) mass is 274 g/mol. The second kappa shape index (κ2) is 5.83. The minimum Gasteiger partial charge on any atom is -0.478 e. The zero-order valence-electron chi connectivity index (χ0n) is 11.8. The van der Waals surface area contributed by atoms with Crippen LogP contribution in [0.3, 0.4) is 0 Å². The van der Waals surface area contributed by atoms with Gasteiger partial charge in [0.15, 0.2) is 0 Å². The van der Waals surface area contributed by atoms with Crippen molar-refractivity contribution < 1.29 is 9.90 Å². The number of aromatic carboxylic acids is 1. The maximum Gasteiger partial charge on any atom is 0.335 e. The Labute approximate surface area is 120 Å². The molecule has 1 fully saturated rings. The van der Waals surface area contributed by atoms with Gasteiger partial charge in [-0.25, -0.2) is 4.79 Å². The Bertz CT molecular complexity index is 495. The lowest BCUT2D eigenvalue weighted by Crippen LogP contribution is -2.37. The summed E-state index contributed by atoms with van der Waals surface area (Å²) in [5, 5.41) is 9.11. The van der Waals surface area contributed by atoms with Crippen LogP contribution in [0.1, 0.15) is 35.2 Å². The number of carboxylic acid groups (broad SMARTS) is 1. The lowest BCUT2D eigenvalue weighted by molar-refractivity contribution is 0.0697. The van der Waals surface area contributed by atoms with Crippen LogP contribution in [0.5, 0.6) is 0 Å². The van der Waals surface area contributed by atoms with Crippen LogP contribution in [0, 0.1) is 0 Å². The van der Waals surface area contributed by atoms with Crippen LogP contribution in [0.2, 0.25) is 0 Å². The van der Waals surface area contributed by atoms with Crippen molar-refractivity contribution in [3.05, 3.63) is 29.3 Å². The van der Waals surface area contributed by atoms with Gasteiger partial charge in [-0.15, -0.1) is 0 Å². The summed E-state index contributed by atoms with van der Waals surface area (Å²) < 4.78 is 0. The number of rotatable bonds is 4. The minimum atomic E-state index is -0.837. The maximum atomic E-state index is 11.1. The molecule has 1 N–H and O–H groups in total. The van der Waals surface area contributed by atoms with E-state index >= 15 is 0 Å². The second-order valence-electron chi connectivity index (χ2n) is 5.79. The predicted octanol–water partition coefficient (Wildman–Crippen LogP) is 2.23. The van der Waals surface area contributed by atoms with Crippen LogP contribution in [-0.2, 0) is 6.42 Å². The van der Waals surface area contributed by atoms with Gasteiger partial charge in [-0.3, -0.25) is 0 Å². The lowest BCUT2D eigenvalue weighted by atomic mass is 10.1. The first kappa shape index (κ1) is 13.4. The Morgan fingerprint density at radius 2 is 1.90 bits per heavy atom. The van der Waals surface area contributed by atoms with Gasteiger partial charge in [0.2, 0.25) is 0 Å². The number of fused-ring (bicyclic) bond motifs is 1. The fourth-order valence-corrected chi connectivity index (χ4v) is 3.26. The molecule has 4 heteroatoms. The number of likely N-dealkylation sites (tertiary alicyclic amines) is 1. The van der Waals surface area contributed by atoms with Gasteiger partial charge < -0.3 is 14.9 Å². The van der Waals surface area contributed by atoms with E-state index in [2.05, 4.69) is 9.80 Å². The van der Waals surface area contributed by atoms with E-state index < -0.39 is 5.97 Å². The van der Waals surface area contributed by atoms with Crippen LogP contribution in [0.4, 0.5) is 5.69 Å². The summed E-state index contributed by atoms with van der Waals surface area (Å²) in [6, 6.07) is 5.52. The highest BCUT2D eigenvalue weighted by Gasteiger charge is 2.21. The van der Waals surface area contributed by atoms with Gasteiger partial charge in [-0.2, -0.15) is 0 Å². The van der Waals surface area contributed by atoms with Gasteiger partial charge in [0, 0.05) is 25.3 Å². The minimum absolute atomic E-state index is 0.397. The molecule has 0 amide bonds. The maximum absolute atomic E-state index is 11.1. The van der Waals surface area contributed by atoms with Crippen molar-refractivity contribution in [2.45, 2.75) is 25.7 Å². The van der Waals surface area contributed by atoms with Crippen molar-refractivity contribution in [2.24, 2.45) is 0 Å². The van der Waals surface area contributed by atoms with Gasteiger partial charge in [0.1, 0.15) is 0 Å². The number of hydrogen-bond acceptors (Lipinski definition) is 3. The summed E-state index contributed by atoms with van der Waals surface area (Å²) in [5.74, 6) is -0.837. The molecule has 1 saturated heterocycles. The molecule has 108 valence electrons. The number of carboxylic acids is 1. The van der Waals surface area contributed by atoms with Crippen LogP contribution in [0.25, 0.3) is 0 Å². The fourth-order valence-electron chi connectivity index (χ4n) is 3.26. The molecule has 3 rings (SSSR count). The highest BCUT2D eigenvalue weighted by Crippen LogP contribution is 2.29. The summed E-state index contributed by atoms with van der Waals surface area (Å²) in [5.41, 5.74) is 2.81. The number of hydrogen-bond donors (Lipinski definition) is 1. The Morgan fingerprint density at radius 1 is 1.10 bits per heavy atom. The first-order valence-electron chi connectivity index (χ1n) is 7.57. The van der Waals surface area contributed by atoms with Crippen molar-refractivity contribution in [3.63, 3.8) is 0 Å². The van der Waals surface area contributed by atoms with Crippen molar-refractivity contribution in [2.75, 3.05) is 37.6 Å². The molecule has 2 aliphatic rings. The van der Waals surface area contributed by atoms with Gasteiger partial charge >= 0.3 is 5.97 Å². The highest BCUT2D eigenvalue weighted by atomic mass is 16.4. The molecule has 0 atom stereocenters. The van der Waals surface area contributed by atoms with E-state index in [0.29, 0.717) is 5.56 Å². The summed E-state index contributed by atoms with van der Waals surface area (Å²) in [6.45, 7) is 5.56. The van der Waals surface area contributed by atoms with Crippen molar-refractivity contribution in [3.8, 4) is 0 Å². The predicted molar refractivity (Wildman–Crippen MR) is 79.6 cm³/mol. The molecule has 0 radical (unpaired) electrons. The molecule has 0 aromatic heterocycles. The smallest absolute Gasteiger partial charge is 0.335 e. The Balaban J connectivity index is 1.65. The number of nitrogens with zero attached hydrogens (tertiary/aromatic N) is 2. The second-order valence-corrected chi connectivity index (χ2v) is 5.79. The normalized spacial score (nSPS) is 19.1. The van der Waals surface area contributed by atoms with E-state index in [0.717, 1.165) is 31.7 Å². The third kappa shape index (κ3) is 2.80. The summed E-state index contributed by atoms with van der Waals surface area (Å²) >= 11 is 0. The van der Waals surface area contributed by atoms with E-state index in [9.17, 15) is 4.79 Å². The quantitative estimate of drug-likeness (QED) is 0.914. The molecular weight excluding hydrogens is 252 g/mol. The zero-order valence-corrected chi connectivity index (χ0v) is 11.8. The number of anilines is 1. The van der Waals surface area contributed by atoms with Crippen LogP contribution in [-0.4, -0.2) is 48.7 Å². The van der Waals surface area contributed by atoms with Gasteiger partial charge in [-0.05, 0) is 50.0 Å². The third-order valence-electron chi connectivity index (χ3n) is 4.46. The van der Waals surface area contributed by atoms with E-state index in [1.807, 2.05) is 12.1 Å². The molecule has 2 heterocycles. The lowest BCUT2D eigenvalue weighted by Gasteiger charge is -2.29. The SMILES string of the molecule is O=C(O)c1ccc2c(c1)N(CCN1CCCCC1)CC2. The molecule has 2 aliphatic heterocycles. The van der Waals surface area contributed by atoms with Crippen LogP contribution < -0.4 is 4.90 Å². The van der Waals surface area contributed by atoms with Gasteiger partial charge in [0.25, 0.3) is 0 Å². The Morgan fingerprint density at radius 3 is 2.65 bits per heavy atom. The van der Waals surface area contributed by atoms with Crippen LogP contribution in [0.15, 0.2) is 18.2 Å². The van der Waals surface area contributed by atoms with E-state index in [1.165, 1.54) is 37.9 Å². The number of benzene rings is 1. The highest BCUT2D eigenvalue weighted by molar-refractivity contribution is 5.89. The molecule has 0 saturated carbocycles. The largest absolute Gasteiger partial charge is 0.478 e. The third-order valence-corrected chi connectivity index (χ3v) is 4.46. The van der Waals surface area contributed by atoms with E-state index in [1.54, 1.807) is 6.07 Å². The summed E-state index contributed by atoms with van der Waals surface area (Å²) in [6.07, 6.45) is 5.04. The summed E-state index contributed by atoms with van der Waals surface area (Å²) in [7, 11) is 0. The van der Waals surface area contributed by atoms with Gasteiger partial charge in [-0.1, -0.05) is 12.5 Å². The first-order valence-corrected chi connectivity index (χ1v) is 7.57. The van der Waals surface area contributed by atoms with Crippen molar-refractivity contribution in [1.82, 2.24) is 4.90 Å². The molecule has 0 unspecified atom stereocenters. The molecule has 0 bridgehead atoms. The Kier molecular flexibility index (Phi) is 3.92. The van der Waals surface area contributed by atoms with Crippen molar-refractivity contribution >= 4 is 11.7 Å². The molecule has 0 aliphatic carbocycles. The average molecular weight is 274 g/mol. The average Bonchev–Trinajstić information content (AvgIpc) is 2.88. The first-order chi connectivity index (χ1) is 9.74. The molecule has 4 nitrogen and oxygen atoms in total. The van der Waals surface area contributed by atoms with Crippen molar-refractivity contribution in [1.29, 1.82) is 0 Å². The number of piperidine rings is 1. The topological polar surface area (TPSA) is 43.8 Å². The fraction of sp³-hybridized carbons (Fsp3) is 0.562. The zero-order chi connectivity index (χ0) is 13.9. The molecule has 1 aromatic rings. The number of carbonyl (C=O) groups is 1.